The van der Waals surface area contributed by atoms with Gasteiger partial charge in [-0.15, -0.1) is 0 Å². The van der Waals surface area contributed by atoms with E-state index >= 15 is 0 Å². The fourth-order valence-electron chi connectivity index (χ4n) is 4.17. The van der Waals surface area contributed by atoms with E-state index in [4.69, 9.17) is 0 Å². The molecular formula is C24H26N4O3. The highest BCUT2D eigenvalue weighted by molar-refractivity contribution is 6.08. The fraction of sp³-hybridized carbons (Fsp3) is 0.292. The van der Waals surface area contributed by atoms with Gasteiger partial charge in [-0.3, -0.25) is 19.9 Å². The Morgan fingerprint density at radius 3 is 2.35 bits per heavy atom. The van der Waals surface area contributed by atoms with E-state index in [1.807, 2.05) is 48.2 Å². The molecule has 1 saturated heterocycles. The van der Waals surface area contributed by atoms with Crippen LogP contribution in [-0.2, 0) is 15.1 Å². The Bertz CT molecular complexity index is 1010. The van der Waals surface area contributed by atoms with Gasteiger partial charge in [0, 0.05) is 13.1 Å². The van der Waals surface area contributed by atoms with Crippen LogP contribution in [0.1, 0.15) is 30.9 Å². The van der Waals surface area contributed by atoms with E-state index in [0.717, 1.165) is 18.0 Å². The molecule has 2 aliphatic heterocycles. The van der Waals surface area contributed by atoms with Gasteiger partial charge in [-0.1, -0.05) is 73.7 Å². The third-order valence-corrected chi connectivity index (χ3v) is 5.93. The first-order valence-electron chi connectivity index (χ1n) is 10.5. The van der Waals surface area contributed by atoms with Gasteiger partial charge in [0.25, 0.3) is 11.8 Å². The first kappa shape index (κ1) is 20.8. The molecule has 2 aromatic carbocycles. The number of benzene rings is 2. The van der Waals surface area contributed by atoms with Gasteiger partial charge in [-0.2, -0.15) is 5.01 Å². The zero-order chi connectivity index (χ0) is 21.8. The number of hydrazine groups is 1. The molecular weight excluding hydrogens is 392 g/mol. The monoisotopic (exact) mass is 418 g/mol. The number of nitrogens with one attached hydrogen (secondary N) is 2. The Labute approximate surface area is 181 Å². The van der Waals surface area contributed by atoms with Crippen LogP contribution < -0.4 is 10.7 Å². The second-order valence-corrected chi connectivity index (χ2v) is 7.81. The van der Waals surface area contributed by atoms with Crippen LogP contribution in [-0.4, -0.2) is 47.4 Å². The highest BCUT2D eigenvalue weighted by atomic mass is 16.2. The van der Waals surface area contributed by atoms with Crippen LogP contribution >= 0.6 is 0 Å². The standard InChI is InChI=1S/C24H26N4O3/c1-2-24(20-11-7-4-8-12-20)22(30)28(23(31)25-24)26-21(29)17-27-15-13-19(14-16-27)18-9-5-3-6-10-18/h3-13H,2,14-17H2,1H3,(H,25,31)(H,26,29)/t24-/m1/s1. The van der Waals surface area contributed by atoms with Crippen molar-refractivity contribution in [3.05, 3.63) is 77.9 Å². The van der Waals surface area contributed by atoms with Crippen molar-refractivity contribution in [2.45, 2.75) is 25.3 Å². The first-order valence-corrected chi connectivity index (χ1v) is 10.5. The lowest BCUT2D eigenvalue weighted by atomic mass is 9.87. The van der Waals surface area contributed by atoms with Gasteiger partial charge in [-0.05, 0) is 29.5 Å². The van der Waals surface area contributed by atoms with Crippen molar-refractivity contribution in [3.8, 4) is 0 Å². The molecule has 160 valence electrons. The molecule has 2 N–H and O–H groups in total. The Hall–Kier alpha value is -3.45. The summed E-state index contributed by atoms with van der Waals surface area (Å²) in [5.41, 5.74) is 4.49. The van der Waals surface area contributed by atoms with Crippen LogP contribution in [0.3, 0.4) is 0 Å². The van der Waals surface area contributed by atoms with E-state index in [9.17, 15) is 14.4 Å². The number of hydrogen-bond donors (Lipinski definition) is 2. The molecule has 4 amide bonds. The van der Waals surface area contributed by atoms with E-state index < -0.39 is 17.5 Å². The number of rotatable bonds is 6. The molecule has 2 aliphatic rings. The van der Waals surface area contributed by atoms with Crippen LogP contribution in [0.5, 0.6) is 0 Å². The molecule has 0 aromatic heterocycles. The molecule has 0 unspecified atom stereocenters. The molecule has 31 heavy (non-hydrogen) atoms. The van der Waals surface area contributed by atoms with Gasteiger partial charge < -0.3 is 5.32 Å². The zero-order valence-electron chi connectivity index (χ0n) is 17.5. The molecule has 0 saturated carbocycles. The van der Waals surface area contributed by atoms with Gasteiger partial charge in [-0.25, -0.2) is 4.79 Å². The molecule has 0 bridgehead atoms. The van der Waals surface area contributed by atoms with Crippen LogP contribution in [0.15, 0.2) is 66.7 Å². The largest absolute Gasteiger partial charge is 0.344 e. The van der Waals surface area contributed by atoms with Crippen molar-refractivity contribution in [3.63, 3.8) is 0 Å². The normalized spacial score (nSPS) is 21.6. The lowest BCUT2D eigenvalue weighted by molar-refractivity contribution is -0.139. The summed E-state index contributed by atoms with van der Waals surface area (Å²) in [5, 5.41) is 3.58. The van der Waals surface area contributed by atoms with Gasteiger partial charge in [0.1, 0.15) is 5.54 Å². The predicted octanol–water partition coefficient (Wildman–Crippen LogP) is 2.66. The summed E-state index contributed by atoms with van der Waals surface area (Å²) in [5.74, 6) is -0.857. The van der Waals surface area contributed by atoms with E-state index in [2.05, 4.69) is 29.0 Å². The van der Waals surface area contributed by atoms with Crippen LogP contribution in [0, 0.1) is 0 Å². The lowest BCUT2D eigenvalue weighted by Gasteiger charge is -2.27. The average molecular weight is 418 g/mol. The third-order valence-electron chi connectivity index (χ3n) is 5.93. The number of imide groups is 1. The van der Waals surface area contributed by atoms with Gasteiger partial charge in [0.05, 0.1) is 6.54 Å². The van der Waals surface area contributed by atoms with Gasteiger partial charge >= 0.3 is 6.03 Å². The maximum atomic E-state index is 13.1. The van der Waals surface area contributed by atoms with E-state index in [1.54, 1.807) is 12.1 Å². The Morgan fingerprint density at radius 1 is 1.06 bits per heavy atom. The lowest BCUT2D eigenvalue weighted by Crippen LogP contribution is -2.51. The van der Waals surface area contributed by atoms with Crippen molar-refractivity contribution in [1.29, 1.82) is 0 Å². The minimum absolute atomic E-state index is 0.111. The van der Waals surface area contributed by atoms with Crippen molar-refractivity contribution in [2.24, 2.45) is 0 Å². The molecule has 4 rings (SSSR count). The topological polar surface area (TPSA) is 81.8 Å². The molecule has 7 nitrogen and oxygen atoms in total. The molecule has 1 fully saturated rings. The van der Waals surface area contributed by atoms with E-state index in [1.165, 1.54) is 11.1 Å². The highest BCUT2D eigenvalue weighted by Gasteiger charge is 2.52. The number of carbonyl (C=O) groups is 3. The second kappa shape index (κ2) is 8.73. The molecule has 2 heterocycles. The van der Waals surface area contributed by atoms with Crippen molar-refractivity contribution < 1.29 is 14.4 Å². The number of hydrogen-bond acceptors (Lipinski definition) is 4. The van der Waals surface area contributed by atoms with Crippen LogP contribution in [0.25, 0.3) is 5.57 Å². The predicted molar refractivity (Wildman–Crippen MR) is 117 cm³/mol. The van der Waals surface area contributed by atoms with E-state index in [-0.39, 0.29) is 12.5 Å². The molecule has 0 radical (unpaired) electrons. The number of carbonyl (C=O) groups excluding carboxylic acids is 3. The molecule has 2 aromatic rings. The summed E-state index contributed by atoms with van der Waals surface area (Å²) in [6.45, 7) is 3.32. The SMILES string of the molecule is CC[C@]1(c2ccccc2)NC(=O)N(NC(=O)CN2CC=C(c3ccccc3)CC2)C1=O. The van der Waals surface area contributed by atoms with E-state index in [0.29, 0.717) is 18.5 Å². The fourth-order valence-corrected chi connectivity index (χ4v) is 4.17. The summed E-state index contributed by atoms with van der Waals surface area (Å²) < 4.78 is 0. The number of amides is 4. The number of nitrogens with zero attached hydrogens (tertiary/aromatic N) is 2. The first-order chi connectivity index (χ1) is 15.0. The van der Waals surface area contributed by atoms with Crippen LogP contribution in [0.4, 0.5) is 4.79 Å². The molecule has 0 spiro atoms. The third kappa shape index (κ3) is 4.09. The van der Waals surface area contributed by atoms with Gasteiger partial charge in [0.2, 0.25) is 0 Å². The minimum Gasteiger partial charge on any atom is -0.318 e. The average Bonchev–Trinajstić information content (AvgIpc) is 3.06. The Kier molecular flexibility index (Phi) is 5.86. The summed E-state index contributed by atoms with van der Waals surface area (Å²) in [6, 6.07) is 18.7. The molecule has 0 aliphatic carbocycles. The van der Waals surface area contributed by atoms with Crippen molar-refractivity contribution in [2.75, 3.05) is 19.6 Å². The summed E-state index contributed by atoms with van der Waals surface area (Å²) in [6.07, 6.45) is 3.35. The summed E-state index contributed by atoms with van der Waals surface area (Å²) in [7, 11) is 0. The quantitative estimate of drug-likeness (QED) is 0.707. The molecule has 7 heteroatoms. The van der Waals surface area contributed by atoms with Gasteiger partial charge in [0.15, 0.2) is 0 Å². The number of urea groups is 1. The van der Waals surface area contributed by atoms with Crippen molar-refractivity contribution in [1.82, 2.24) is 20.7 Å². The zero-order valence-corrected chi connectivity index (χ0v) is 17.5. The molecule has 1 atom stereocenters. The maximum Gasteiger partial charge on any atom is 0.344 e. The van der Waals surface area contributed by atoms with Crippen LogP contribution in [0.2, 0.25) is 0 Å². The highest BCUT2D eigenvalue weighted by Crippen LogP contribution is 2.31. The van der Waals surface area contributed by atoms with Crippen molar-refractivity contribution >= 4 is 23.4 Å². The summed E-state index contributed by atoms with van der Waals surface area (Å²) in [4.78, 5) is 40.2. The summed E-state index contributed by atoms with van der Waals surface area (Å²) >= 11 is 0. The Morgan fingerprint density at radius 2 is 1.74 bits per heavy atom. The minimum atomic E-state index is -1.16. The maximum absolute atomic E-state index is 13.1. The second-order valence-electron chi connectivity index (χ2n) is 7.81. The Balaban J connectivity index is 1.38. The smallest absolute Gasteiger partial charge is 0.318 e.